The number of hydrogen-bond acceptors (Lipinski definition) is 2. The van der Waals surface area contributed by atoms with Crippen molar-refractivity contribution < 1.29 is 4.79 Å². The molecule has 0 fully saturated rings. The van der Waals surface area contributed by atoms with Crippen LogP contribution >= 0.6 is 11.6 Å². The molecule has 1 N–H and O–H groups in total. The maximum Gasteiger partial charge on any atom is 0.233 e. The van der Waals surface area contributed by atoms with E-state index in [-0.39, 0.29) is 5.91 Å². The monoisotopic (exact) mass is 272 g/mol. The van der Waals surface area contributed by atoms with Crippen molar-refractivity contribution in [3.63, 3.8) is 0 Å². The van der Waals surface area contributed by atoms with Crippen LogP contribution in [0.4, 0.5) is 17.1 Å². The van der Waals surface area contributed by atoms with E-state index in [1.807, 2.05) is 42.5 Å². The molecule has 0 spiro atoms. The number of halogens is 1. The average molecular weight is 273 g/mol. The van der Waals surface area contributed by atoms with Gasteiger partial charge in [-0.3, -0.25) is 9.69 Å². The number of anilines is 3. The van der Waals surface area contributed by atoms with Gasteiger partial charge in [0.2, 0.25) is 5.91 Å². The number of para-hydroxylation sites is 2. The van der Waals surface area contributed by atoms with Crippen LogP contribution in [-0.4, -0.2) is 12.5 Å². The van der Waals surface area contributed by atoms with Gasteiger partial charge in [-0.25, -0.2) is 0 Å². The fourth-order valence-electron chi connectivity index (χ4n) is 2.28. The Morgan fingerprint density at radius 1 is 1.05 bits per heavy atom. The normalized spacial score (nSPS) is 14.6. The summed E-state index contributed by atoms with van der Waals surface area (Å²) >= 11 is 6.29. The van der Waals surface area contributed by atoms with E-state index in [1.165, 1.54) is 0 Å². The molecular formula is C15H13ClN2O. The van der Waals surface area contributed by atoms with Gasteiger partial charge in [0.15, 0.2) is 0 Å². The standard InChI is InChI=1S/C15H13ClN2O/c16-12-7-4-8-13-15(12)18(14(19)9-10-17-13)11-5-2-1-3-6-11/h1-8,17H,9-10H2. The summed E-state index contributed by atoms with van der Waals surface area (Å²) in [5.41, 5.74) is 2.46. The second kappa shape index (κ2) is 4.94. The first kappa shape index (κ1) is 12.1. The van der Waals surface area contributed by atoms with Crippen molar-refractivity contribution in [2.45, 2.75) is 6.42 Å². The zero-order valence-corrected chi connectivity index (χ0v) is 11.0. The number of fused-ring (bicyclic) bond motifs is 1. The molecule has 0 aliphatic carbocycles. The highest BCUT2D eigenvalue weighted by Crippen LogP contribution is 2.39. The second-order valence-corrected chi connectivity index (χ2v) is 4.78. The van der Waals surface area contributed by atoms with Crippen LogP contribution in [0.15, 0.2) is 48.5 Å². The zero-order valence-electron chi connectivity index (χ0n) is 10.3. The van der Waals surface area contributed by atoms with Crippen LogP contribution in [0.5, 0.6) is 0 Å². The van der Waals surface area contributed by atoms with E-state index in [0.29, 0.717) is 18.0 Å². The van der Waals surface area contributed by atoms with Gasteiger partial charge >= 0.3 is 0 Å². The van der Waals surface area contributed by atoms with Crippen molar-refractivity contribution >= 4 is 34.6 Å². The van der Waals surface area contributed by atoms with E-state index >= 15 is 0 Å². The van der Waals surface area contributed by atoms with Crippen LogP contribution in [-0.2, 0) is 4.79 Å². The SMILES string of the molecule is O=C1CCNc2cccc(Cl)c2N1c1ccccc1. The molecule has 0 bridgehead atoms. The van der Waals surface area contributed by atoms with Gasteiger partial charge in [0.05, 0.1) is 16.4 Å². The van der Waals surface area contributed by atoms with Gasteiger partial charge in [-0.15, -0.1) is 0 Å². The van der Waals surface area contributed by atoms with Crippen LogP contribution in [0, 0.1) is 0 Å². The predicted octanol–water partition coefficient (Wildman–Crippen LogP) is 3.82. The summed E-state index contributed by atoms with van der Waals surface area (Å²) in [7, 11) is 0. The Hall–Kier alpha value is -2.00. The van der Waals surface area contributed by atoms with E-state index in [4.69, 9.17) is 11.6 Å². The number of nitrogens with zero attached hydrogens (tertiary/aromatic N) is 1. The maximum absolute atomic E-state index is 12.4. The van der Waals surface area contributed by atoms with E-state index < -0.39 is 0 Å². The summed E-state index contributed by atoms with van der Waals surface area (Å²) in [6, 6.07) is 15.2. The molecule has 1 aliphatic heterocycles. The van der Waals surface area contributed by atoms with Crippen molar-refractivity contribution in [3.8, 4) is 0 Å². The molecule has 0 saturated carbocycles. The van der Waals surface area contributed by atoms with Gasteiger partial charge in [-0.2, -0.15) is 0 Å². The van der Waals surface area contributed by atoms with E-state index in [9.17, 15) is 4.79 Å². The first-order chi connectivity index (χ1) is 9.27. The van der Waals surface area contributed by atoms with Crippen molar-refractivity contribution in [1.82, 2.24) is 0 Å². The summed E-state index contributed by atoms with van der Waals surface area (Å²) in [5, 5.41) is 3.82. The molecule has 4 heteroatoms. The number of carbonyl (C=O) groups is 1. The van der Waals surface area contributed by atoms with Gasteiger partial charge in [-0.1, -0.05) is 35.9 Å². The van der Waals surface area contributed by atoms with Crippen LogP contribution in [0.3, 0.4) is 0 Å². The molecule has 0 aromatic heterocycles. The molecule has 1 aliphatic rings. The Bertz CT molecular complexity index is 613. The predicted molar refractivity (Wildman–Crippen MR) is 78.1 cm³/mol. The van der Waals surface area contributed by atoms with E-state index in [2.05, 4.69) is 5.32 Å². The molecule has 1 amide bonds. The first-order valence-corrected chi connectivity index (χ1v) is 6.55. The molecule has 96 valence electrons. The topological polar surface area (TPSA) is 32.3 Å². The van der Waals surface area contributed by atoms with Gasteiger partial charge in [0.1, 0.15) is 0 Å². The van der Waals surface area contributed by atoms with Crippen molar-refractivity contribution in [3.05, 3.63) is 53.6 Å². The summed E-state index contributed by atoms with van der Waals surface area (Å²) in [5.74, 6) is 0.0468. The Morgan fingerprint density at radius 2 is 1.84 bits per heavy atom. The molecule has 0 unspecified atom stereocenters. The zero-order chi connectivity index (χ0) is 13.2. The summed E-state index contributed by atoms with van der Waals surface area (Å²) < 4.78 is 0. The van der Waals surface area contributed by atoms with Crippen molar-refractivity contribution in [2.24, 2.45) is 0 Å². The van der Waals surface area contributed by atoms with Crippen LogP contribution in [0.2, 0.25) is 5.02 Å². The van der Waals surface area contributed by atoms with Crippen LogP contribution < -0.4 is 10.2 Å². The van der Waals surface area contributed by atoms with Crippen LogP contribution in [0.25, 0.3) is 0 Å². The Morgan fingerprint density at radius 3 is 2.63 bits per heavy atom. The summed E-state index contributed by atoms with van der Waals surface area (Å²) in [6.07, 6.45) is 0.444. The molecule has 2 aromatic carbocycles. The molecule has 0 radical (unpaired) electrons. The number of carbonyl (C=O) groups excluding carboxylic acids is 1. The third-order valence-electron chi connectivity index (χ3n) is 3.13. The summed E-state index contributed by atoms with van der Waals surface area (Å²) in [4.78, 5) is 14.0. The van der Waals surface area contributed by atoms with E-state index in [1.54, 1.807) is 11.0 Å². The summed E-state index contributed by atoms with van der Waals surface area (Å²) in [6.45, 7) is 0.621. The average Bonchev–Trinajstić information content (AvgIpc) is 2.59. The molecule has 0 atom stereocenters. The Kier molecular flexibility index (Phi) is 3.13. The highest BCUT2D eigenvalue weighted by atomic mass is 35.5. The number of nitrogens with one attached hydrogen (secondary N) is 1. The third-order valence-corrected chi connectivity index (χ3v) is 3.43. The molecule has 3 rings (SSSR count). The lowest BCUT2D eigenvalue weighted by Gasteiger charge is -2.23. The lowest BCUT2D eigenvalue weighted by atomic mass is 10.2. The van der Waals surface area contributed by atoms with Crippen molar-refractivity contribution in [1.29, 1.82) is 0 Å². The van der Waals surface area contributed by atoms with Gasteiger partial charge in [0, 0.05) is 18.7 Å². The number of rotatable bonds is 1. The fourth-order valence-corrected chi connectivity index (χ4v) is 2.54. The molecule has 19 heavy (non-hydrogen) atoms. The van der Waals surface area contributed by atoms with Crippen LogP contribution in [0.1, 0.15) is 6.42 Å². The minimum absolute atomic E-state index is 0.0468. The Labute approximate surface area is 116 Å². The molecule has 3 nitrogen and oxygen atoms in total. The van der Waals surface area contributed by atoms with Gasteiger partial charge in [0.25, 0.3) is 0 Å². The Balaban J connectivity index is 2.20. The smallest absolute Gasteiger partial charge is 0.233 e. The molecule has 2 aromatic rings. The second-order valence-electron chi connectivity index (χ2n) is 4.38. The van der Waals surface area contributed by atoms with Crippen molar-refractivity contribution in [2.75, 3.05) is 16.8 Å². The number of amides is 1. The number of hydrogen-bond donors (Lipinski definition) is 1. The lowest BCUT2D eigenvalue weighted by molar-refractivity contribution is -0.117. The third kappa shape index (κ3) is 2.17. The highest BCUT2D eigenvalue weighted by Gasteiger charge is 2.25. The molecule has 0 saturated heterocycles. The first-order valence-electron chi connectivity index (χ1n) is 6.18. The lowest BCUT2D eigenvalue weighted by Crippen LogP contribution is -2.25. The maximum atomic E-state index is 12.4. The van der Waals surface area contributed by atoms with E-state index in [0.717, 1.165) is 17.1 Å². The largest absolute Gasteiger partial charge is 0.383 e. The molecular weight excluding hydrogens is 260 g/mol. The highest BCUT2D eigenvalue weighted by molar-refractivity contribution is 6.35. The number of benzene rings is 2. The minimum Gasteiger partial charge on any atom is -0.383 e. The minimum atomic E-state index is 0.0468. The fraction of sp³-hybridized carbons (Fsp3) is 0.133. The quantitative estimate of drug-likeness (QED) is 0.856. The van der Waals surface area contributed by atoms with Gasteiger partial charge in [-0.05, 0) is 24.3 Å². The molecule has 1 heterocycles. The van der Waals surface area contributed by atoms with Gasteiger partial charge < -0.3 is 5.32 Å².